The summed E-state index contributed by atoms with van der Waals surface area (Å²) in [6.45, 7) is 3.69. The second-order valence-corrected chi connectivity index (χ2v) is 6.03. The summed E-state index contributed by atoms with van der Waals surface area (Å²) in [5.74, 6) is -0.316. The molecule has 0 fully saturated rings. The van der Waals surface area contributed by atoms with Gasteiger partial charge in [0, 0.05) is 17.3 Å². The number of hydrogen-bond acceptors (Lipinski definition) is 6. The minimum absolute atomic E-state index is 0.299. The smallest absolute Gasteiger partial charge is 0.276 e. The zero-order chi connectivity index (χ0) is 17.1. The molecule has 0 aliphatic rings. The lowest BCUT2D eigenvalue weighted by Crippen LogP contribution is -2.14. The van der Waals surface area contributed by atoms with Crippen molar-refractivity contribution in [1.29, 1.82) is 5.26 Å². The molecule has 0 unspecified atom stereocenters. The summed E-state index contributed by atoms with van der Waals surface area (Å²) in [6, 6.07) is 9.04. The Morgan fingerprint density at radius 2 is 2.00 bits per heavy atom. The van der Waals surface area contributed by atoms with Gasteiger partial charge in [-0.25, -0.2) is 15.0 Å². The average molecular weight is 335 g/mol. The van der Waals surface area contributed by atoms with Crippen LogP contribution in [0, 0.1) is 25.2 Å². The Kier molecular flexibility index (Phi) is 4.31. The van der Waals surface area contributed by atoms with Crippen molar-refractivity contribution in [1.82, 2.24) is 15.0 Å². The molecule has 1 N–H and O–H groups in total. The first kappa shape index (κ1) is 15.8. The molecule has 0 aliphatic carbocycles. The predicted molar refractivity (Wildman–Crippen MR) is 91.7 cm³/mol. The number of hydrogen-bond donors (Lipinski definition) is 1. The lowest BCUT2D eigenvalue weighted by atomic mass is 10.1. The van der Waals surface area contributed by atoms with E-state index in [1.165, 1.54) is 11.3 Å². The molecule has 1 amide bonds. The molecule has 0 saturated carbocycles. The number of rotatable bonds is 3. The van der Waals surface area contributed by atoms with Crippen molar-refractivity contribution < 1.29 is 4.79 Å². The minimum Gasteiger partial charge on any atom is -0.296 e. The number of anilines is 1. The topological polar surface area (TPSA) is 91.6 Å². The van der Waals surface area contributed by atoms with Crippen molar-refractivity contribution in [3.63, 3.8) is 0 Å². The highest BCUT2D eigenvalue weighted by Gasteiger charge is 2.12. The molecule has 3 rings (SSSR count). The number of amides is 1. The molecule has 24 heavy (non-hydrogen) atoms. The Bertz CT molecular complexity index is 958. The standard InChI is InChI=1S/C17H13N5OS/c1-10-5-13(12-3-4-19-14(6-12)8-18)7-15(20-10)16(23)22-17-21-11(2)9-24-17/h3-7,9H,1-2H3,(H,21,22,23). The van der Waals surface area contributed by atoms with Gasteiger partial charge in [-0.2, -0.15) is 5.26 Å². The third-order valence-electron chi connectivity index (χ3n) is 3.23. The van der Waals surface area contributed by atoms with E-state index in [2.05, 4.69) is 20.3 Å². The fourth-order valence-corrected chi connectivity index (χ4v) is 2.88. The number of aromatic nitrogens is 3. The fraction of sp³-hybridized carbons (Fsp3) is 0.118. The molecular weight excluding hydrogens is 322 g/mol. The SMILES string of the molecule is Cc1cc(-c2ccnc(C#N)c2)cc(C(=O)Nc2nc(C)cs2)n1. The van der Waals surface area contributed by atoms with E-state index in [1.807, 2.05) is 31.4 Å². The Morgan fingerprint density at radius 1 is 1.17 bits per heavy atom. The molecular formula is C17H13N5OS. The second kappa shape index (κ2) is 6.56. The van der Waals surface area contributed by atoms with E-state index in [1.54, 1.807) is 24.4 Å². The molecule has 0 saturated heterocycles. The number of nitriles is 1. The number of carbonyl (C=O) groups is 1. The van der Waals surface area contributed by atoms with Crippen LogP contribution in [-0.4, -0.2) is 20.9 Å². The molecule has 0 aliphatic heterocycles. The fourth-order valence-electron chi connectivity index (χ4n) is 2.20. The van der Waals surface area contributed by atoms with Crippen molar-refractivity contribution in [2.45, 2.75) is 13.8 Å². The maximum atomic E-state index is 12.4. The third kappa shape index (κ3) is 3.45. The van der Waals surface area contributed by atoms with E-state index in [0.29, 0.717) is 22.2 Å². The van der Waals surface area contributed by atoms with Gasteiger partial charge in [-0.1, -0.05) is 0 Å². The summed E-state index contributed by atoms with van der Waals surface area (Å²) in [6.07, 6.45) is 1.57. The van der Waals surface area contributed by atoms with Crippen molar-refractivity contribution in [3.8, 4) is 17.2 Å². The number of pyridine rings is 2. The highest BCUT2D eigenvalue weighted by Crippen LogP contribution is 2.22. The van der Waals surface area contributed by atoms with Crippen LogP contribution < -0.4 is 5.32 Å². The summed E-state index contributed by atoms with van der Waals surface area (Å²) in [5, 5.41) is 14.1. The Hall–Kier alpha value is -3.11. The molecule has 118 valence electrons. The van der Waals surface area contributed by atoms with Crippen molar-refractivity contribution in [3.05, 3.63) is 58.6 Å². The number of aryl methyl sites for hydroxylation is 2. The van der Waals surface area contributed by atoms with E-state index in [9.17, 15) is 4.79 Å². The van der Waals surface area contributed by atoms with Crippen molar-refractivity contribution >= 4 is 22.4 Å². The zero-order valence-electron chi connectivity index (χ0n) is 13.1. The summed E-state index contributed by atoms with van der Waals surface area (Å²) < 4.78 is 0. The van der Waals surface area contributed by atoms with Crippen LogP contribution in [0.25, 0.3) is 11.1 Å². The molecule has 0 spiro atoms. The summed E-state index contributed by atoms with van der Waals surface area (Å²) in [5.41, 5.74) is 3.81. The van der Waals surface area contributed by atoms with Crippen LogP contribution >= 0.6 is 11.3 Å². The number of nitrogens with zero attached hydrogens (tertiary/aromatic N) is 4. The third-order valence-corrected chi connectivity index (χ3v) is 4.11. The van der Waals surface area contributed by atoms with Gasteiger partial charge >= 0.3 is 0 Å². The maximum Gasteiger partial charge on any atom is 0.276 e. The highest BCUT2D eigenvalue weighted by molar-refractivity contribution is 7.13. The van der Waals surface area contributed by atoms with Gasteiger partial charge in [0.2, 0.25) is 0 Å². The van der Waals surface area contributed by atoms with Crippen LogP contribution in [0.5, 0.6) is 0 Å². The summed E-state index contributed by atoms with van der Waals surface area (Å²) in [7, 11) is 0. The molecule has 3 aromatic rings. The molecule has 3 heterocycles. The molecule has 0 radical (unpaired) electrons. The van der Waals surface area contributed by atoms with Crippen molar-refractivity contribution in [2.24, 2.45) is 0 Å². The van der Waals surface area contributed by atoms with Gasteiger partial charge in [0.05, 0.1) is 5.69 Å². The van der Waals surface area contributed by atoms with Crippen LogP contribution in [0.4, 0.5) is 5.13 Å². The molecule has 0 aromatic carbocycles. The zero-order valence-corrected chi connectivity index (χ0v) is 13.9. The first-order chi connectivity index (χ1) is 11.5. The van der Waals surface area contributed by atoms with E-state index < -0.39 is 0 Å². The predicted octanol–water partition coefficient (Wildman–Crippen LogP) is 3.34. The summed E-state index contributed by atoms with van der Waals surface area (Å²) in [4.78, 5) is 24.9. The van der Waals surface area contributed by atoms with Crippen LogP contribution in [0.3, 0.4) is 0 Å². The molecule has 6 nitrogen and oxygen atoms in total. The van der Waals surface area contributed by atoms with Gasteiger partial charge in [-0.05, 0) is 49.2 Å². The van der Waals surface area contributed by atoms with Gasteiger partial charge < -0.3 is 0 Å². The van der Waals surface area contributed by atoms with Gasteiger partial charge in [0.15, 0.2) is 5.13 Å². The van der Waals surface area contributed by atoms with Gasteiger partial charge in [0.25, 0.3) is 5.91 Å². The first-order valence-corrected chi connectivity index (χ1v) is 8.02. The second-order valence-electron chi connectivity index (χ2n) is 5.17. The Balaban J connectivity index is 1.93. The molecule has 0 atom stereocenters. The van der Waals surface area contributed by atoms with E-state index in [4.69, 9.17) is 5.26 Å². The Morgan fingerprint density at radius 3 is 2.71 bits per heavy atom. The highest BCUT2D eigenvalue weighted by atomic mass is 32.1. The van der Waals surface area contributed by atoms with Gasteiger partial charge in [-0.15, -0.1) is 11.3 Å². The minimum atomic E-state index is -0.316. The van der Waals surface area contributed by atoms with Crippen LogP contribution in [0.2, 0.25) is 0 Å². The average Bonchev–Trinajstić information content (AvgIpc) is 2.99. The van der Waals surface area contributed by atoms with Crippen molar-refractivity contribution in [2.75, 3.05) is 5.32 Å². The molecule has 0 bridgehead atoms. The first-order valence-electron chi connectivity index (χ1n) is 7.14. The van der Waals surface area contributed by atoms with Gasteiger partial charge in [0.1, 0.15) is 17.5 Å². The van der Waals surface area contributed by atoms with E-state index in [-0.39, 0.29) is 5.91 Å². The Labute approximate surface area is 142 Å². The number of thiazole rings is 1. The largest absolute Gasteiger partial charge is 0.296 e. The summed E-state index contributed by atoms with van der Waals surface area (Å²) >= 11 is 1.37. The quantitative estimate of drug-likeness (QED) is 0.792. The van der Waals surface area contributed by atoms with E-state index >= 15 is 0 Å². The van der Waals surface area contributed by atoms with Crippen LogP contribution in [0.1, 0.15) is 27.6 Å². The molecule has 3 aromatic heterocycles. The number of carbonyl (C=O) groups excluding carboxylic acids is 1. The lowest BCUT2D eigenvalue weighted by Gasteiger charge is -2.07. The van der Waals surface area contributed by atoms with Crippen LogP contribution in [0.15, 0.2) is 35.8 Å². The molecule has 7 heteroatoms. The van der Waals surface area contributed by atoms with Gasteiger partial charge in [-0.3, -0.25) is 10.1 Å². The maximum absolute atomic E-state index is 12.4. The van der Waals surface area contributed by atoms with E-state index in [0.717, 1.165) is 16.8 Å². The number of nitrogens with one attached hydrogen (secondary N) is 1. The lowest BCUT2D eigenvalue weighted by molar-refractivity contribution is 0.102. The monoisotopic (exact) mass is 335 g/mol. The normalized spacial score (nSPS) is 10.2. The van der Waals surface area contributed by atoms with Crippen LogP contribution in [-0.2, 0) is 0 Å².